The van der Waals surface area contributed by atoms with Gasteiger partial charge in [-0.15, -0.1) is 0 Å². The summed E-state index contributed by atoms with van der Waals surface area (Å²) < 4.78 is 44.3. The molecule has 0 radical (unpaired) electrons. The van der Waals surface area contributed by atoms with Crippen LogP contribution in [0.1, 0.15) is 22.8 Å². The molecule has 5 nitrogen and oxygen atoms in total. The number of esters is 1. The summed E-state index contributed by atoms with van der Waals surface area (Å²) in [5, 5.41) is 4.10. The van der Waals surface area contributed by atoms with Crippen molar-refractivity contribution in [2.24, 2.45) is 0 Å². The maximum Gasteiger partial charge on any atom is 0.416 e. The van der Waals surface area contributed by atoms with Crippen LogP contribution in [0.2, 0.25) is 0 Å². The largest absolute Gasteiger partial charge is 0.462 e. The van der Waals surface area contributed by atoms with Gasteiger partial charge >= 0.3 is 12.1 Å². The number of alkyl halides is 3. The second-order valence-corrected chi connectivity index (χ2v) is 4.92. The number of carbonyl (C=O) groups is 1. The molecule has 0 aliphatic rings. The number of ether oxygens (including phenoxy) is 1. The van der Waals surface area contributed by atoms with Gasteiger partial charge < -0.3 is 4.74 Å². The summed E-state index contributed by atoms with van der Waals surface area (Å²) in [6.45, 7) is 1.90. The summed E-state index contributed by atoms with van der Waals surface area (Å²) in [5.41, 5.74) is 0.791. The first kappa shape index (κ1) is 16.0. The van der Waals surface area contributed by atoms with E-state index in [9.17, 15) is 18.0 Å². The topological polar surface area (TPSA) is 56.5 Å². The summed E-state index contributed by atoms with van der Waals surface area (Å²) in [7, 11) is 0. The number of halogens is 3. The van der Waals surface area contributed by atoms with E-state index in [0.717, 1.165) is 12.1 Å². The van der Waals surface area contributed by atoms with Crippen molar-refractivity contribution in [3.05, 3.63) is 53.9 Å². The van der Waals surface area contributed by atoms with Gasteiger partial charge in [-0.3, -0.25) is 0 Å². The Bertz CT molecular complexity index is 886. The molecule has 2 aromatic heterocycles. The van der Waals surface area contributed by atoms with Crippen molar-refractivity contribution in [2.75, 3.05) is 6.61 Å². The number of carbonyl (C=O) groups excluding carboxylic acids is 1. The van der Waals surface area contributed by atoms with Crippen molar-refractivity contribution < 1.29 is 22.7 Å². The number of fused-ring (bicyclic) bond motifs is 1. The number of aromatic nitrogens is 3. The molecule has 0 bridgehead atoms. The van der Waals surface area contributed by atoms with Crippen LogP contribution in [0.25, 0.3) is 16.9 Å². The third-order valence-electron chi connectivity index (χ3n) is 3.40. The molecular formula is C16H12F3N3O2. The quantitative estimate of drug-likeness (QED) is 0.687. The van der Waals surface area contributed by atoms with Gasteiger partial charge in [-0.25, -0.2) is 14.3 Å². The number of nitrogens with zero attached hydrogens (tertiary/aromatic N) is 3. The molecule has 0 amide bonds. The average Bonchev–Trinajstić information content (AvgIpc) is 2.98. The van der Waals surface area contributed by atoms with E-state index in [1.165, 1.54) is 29.0 Å². The molecular weight excluding hydrogens is 323 g/mol. The molecule has 0 aliphatic heterocycles. The molecule has 1 aromatic carbocycles. The van der Waals surface area contributed by atoms with Gasteiger partial charge in [-0.05, 0) is 25.1 Å². The van der Waals surface area contributed by atoms with Crippen LogP contribution in [-0.4, -0.2) is 27.2 Å². The Morgan fingerprint density at radius 3 is 2.54 bits per heavy atom. The molecule has 0 spiro atoms. The van der Waals surface area contributed by atoms with Crippen molar-refractivity contribution in [3.8, 4) is 11.3 Å². The zero-order valence-corrected chi connectivity index (χ0v) is 12.5. The Kier molecular flexibility index (Phi) is 3.96. The second-order valence-electron chi connectivity index (χ2n) is 4.92. The Hall–Kier alpha value is -2.90. The zero-order chi connectivity index (χ0) is 17.3. The fourth-order valence-corrected chi connectivity index (χ4v) is 2.29. The summed E-state index contributed by atoms with van der Waals surface area (Å²) in [6, 6.07) is 6.30. The summed E-state index contributed by atoms with van der Waals surface area (Å²) >= 11 is 0. The third kappa shape index (κ3) is 2.82. The minimum absolute atomic E-state index is 0.200. The number of benzene rings is 1. The molecule has 3 rings (SSSR count). The van der Waals surface area contributed by atoms with Crippen LogP contribution in [0.15, 0.2) is 42.7 Å². The molecule has 0 aliphatic carbocycles. The van der Waals surface area contributed by atoms with E-state index >= 15 is 0 Å². The molecule has 124 valence electrons. The van der Waals surface area contributed by atoms with Crippen molar-refractivity contribution in [2.45, 2.75) is 13.1 Å². The highest BCUT2D eigenvalue weighted by molar-refractivity contribution is 5.95. The van der Waals surface area contributed by atoms with Gasteiger partial charge in [0, 0.05) is 11.8 Å². The Balaban J connectivity index is 2.06. The predicted octanol–water partition coefficient (Wildman–Crippen LogP) is 3.59. The van der Waals surface area contributed by atoms with Crippen molar-refractivity contribution in [1.29, 1.82) is 0 Å². The highest BCUT2D eigenvalue weighted by Crippen LogP contribution is 2.31. The summed E-state index contributed by atoms with van der Waals surface area (Å²) in [4.78, 5) is 16.0. The van der Waals surface area contributed by atoms with Gasteiger partial charge in [0.15, 0.2) is 5.65 Å². The SMILES string of the molecule is CCOC(=O)c1cnn2c(-c3ccc(C(F)(F)F)cc3)ccnc12. The summed E-state index contributed by atoms with van der Waals surface area (Å²) in [5.74, 6) is -0.551. The van der Waals surface area contributed by atoms with Crippen LogP contribution in [-0.2, 0) is 10.9 Å². The van der Waals surface area contributed by atoms with E-state index in [4.69, 9.17) is 4.74 Å². The molecule has 2 heterocycles. The third-order valence-corrected chi connectivity index (χ3v) is 3.40. The predicted molar refractivity (Wildman–Crippen MR) is 79.4 cm³/mol. The van der Waals surface area contributed by atoms with E-state index in [1.807, 2.05) is 0 Å². The van der Waals surface area contributed by atoms with E-state index < -0.39 is 17.7 Å². The van der Waals surface area contributed by atoms with Gasteiger partial charge in [0.2, 0.25) is 0 Å². The van der Waals surface area contributed by atoms with Crippen molar-refractivity contribution >= 4 is 11.6 Å². The Morgan fingerprint density at radius 1 is 1.21 bits per heavy atom. The molecule has 0 N–H and O–H groups in total. The molecule has 0 saturated heterocycles. The minimum atomic E-state index is -4.39. The van der Waals surface area contributed by atoms with Gasteiger partial charge in [0.25, 0.3) is 0 Å². The maximum atomic E-state index is 12.7. The van der Waals surface area contributed by atoms with E-state index in [1.54, 1.807) is 13.0 Å². The van der Waals surface area contributed by atoms with Gasteiger partial charge in [0.05, 0.1) is 24.1 Å². The molecule has 0 atom stereocenters. The Labute approximate surface area is 134 Å². The maximum absolute atomic E-state index is 12.7. The molecule has 3 aromatic rings. The van der Waals surface area contributed by atoms with E-state index in [-0.39, 0.29) is 17.8 Å². The highest BCUT2D eigenvalue weighted by atomic mass is 19.4. The first-order valence-corrected chi connectivity index (χ1v) is 7.09. The standard InChI is InChI=1S/C16H12F3N3O2/c1-2-24-15(23)12-9-21-22-13(7-8-20-14(12)22)10-3-5-11(6-4-10)16(17,18)19/h3-9H,2H2,1H3. The number of rotatable bonds is 3. The fourth-order valence-electron chi connectivity index (χ4n) is 2.29. The lowest BCUT2D eigenvalue weighted by Gasteiger charge is -2.08. The van der Waals surface area contributed by atoms with Gasteiger partial charge in [-0.2, -0.15) is 18.3 Å². The van der Waals surface area contributed by atoms with E-state index in [2.05, 4.69) is 10.1 Å². The lowest BCUT2D eigenvalue weighted by molar-refractivity contribution is -0.137. The average molecular weight is 335 g/mol. The van der Waals surface area contributed by atoms with Crippen LogP contribution in [0.3, 0.4) is 0 Å². The number of hydrogen-bond donors (Lipinski definition) is 0. The first-order valence-electron chi connectivity index (χ1n) is 7.09. The number of hydrogen-bond acceptors (Lipinski definition) is 4. The molecule has 24 heavy (non-hydrogen) atoms. The Morgan fingerprint density at radius 2 is 1.92 bits per heavy atom. The van der Waals surface area contributed by atoms with Crippen LogP contribution in [0.5, 0.6) is 0 Å². The van der Waals surface area contributed by atoms with Crippen LogP contribution >= 0.6 is 0 Å². The zero-order valence-electron chi connectivity index (χ0n) is 12.5. The normalized spacial score (nSPS) is 11.7. The smallest absolute Gasteiger partial charge is 0.416 e. The van der Waals surface area contributed by atoms with E-state index in [0.29, 0.717) is 11.3 Å². The molecule has 0 unspecified atom stereocenters. The fraction of sp³-hybridized carbons (Fsp3) is 0.188. The second kappa shape index (κ2) is 5.95. The minimum Gasteiger partial charge on any atom is -0.462 e. The highest BCUT2D eigenvalue weighted by Gasteiger charge is 2.30. The van der Waals surface area contributed by atoms with Crippen molar-refractivity contribution in [3.63, 3.8) is 0 Å². The van der Waals surface area contributed by atoms with Crippen molar-refractivity contribution in [1.82, 2.24) is 14.6 Å². The van der Waals surface area contributed by atoms with Crippen LogP contribution < -0.4 is 0 Å². The van der Waals surface area contributed by atoms with Crippen LogP contribution in [0, 0.1) is 0 Å². The van der Waals surface area contributed by atoms with Crippen LogP contribution in [0.4, 0.5) is 13.2 Å². The molecule has 0 fully saturated rings. The molecule has 8 heteroatoms. The lowest BCUT2D eigenvalue weighted by atomic mass is 10.1. The lowest BCUT2D eigenvalue weighted by Crippen LogP contribution is -2.06. The monoisotopic (exact) mass is 335 g/mol. The first-order chi connectivity index (χ1) is 11.4. The van der Waals surface area contributed by atoms with Gasteiger partial charge in [0.1, 0.15) is 5.56 Å². The molecule has 0 saturated carbocycles. The summed E-state index contributed by atoms with van der Waals surface area (Å²) in [6.07, 6.45) is -1.60. The van der Waals surface area contributed by atoms with Gasteiger partial charge in [-0.1, -0.05) is 12.1 Å².